The van der Waals surface area contributed by atoms with Gasteiger partial charge in [-0.2, -0.15) is 13.2 Å². The van der Waals surface area contributed by atoms with Gasteiger partial charge < -0.3 is 10.1 Å². The molecule has 0 spiro atoms. The minimum absolute atomic E-state index is 0.0369. The Bertz CT molecular complexity index is 593. The SMILES string of the molecule is CC1CCC(NC(=O)COC(=O)c2ccccc2C(F)(F)F)CC1. The lowest BCUT2D eigenvalue weighted by atomic mass is 9.87. The van der Waals surface area contributed by atoms with Crippen molar-refractivity contribution in [1.29, 1.82) is 0 Å². The molecule has 24 heavy (non-hydrogen) atoms. The van der Waals surface area contributed by atoms with Gasteiger partial charge in [0.2, 0.25) is 0 Å². The zero-order valence-electron chi connectivity index (χ0n) is 13.4. The Kier molecular flexibility index (Phi) is 5.85. The van der Waals surface area contributed by atoms with Gasteiger partial charge in [-0.05, 0) is 43.7 Å². The van der Waals surface area contributed by atoms with E-state index in [9.17, 15) is 22.8 Å². The highest BCUT2D eigenvalue weighted by Crippen LogP contribution is 2.32. The second-order valence-electron chi connectivity index (χ2n) is 6.14. The van der Waals surface area contributed by atoms with Gasteiger partial charge in [0.15, 0.2) is 6.61 Å². The van der Waals surface area contributed by atoms with Crippen molar-refractivity contribution in [2.24, 2.45) is 5.92 Å². The zero-order valence-corrected chi connectivity index (χ0v) is 13.4. The fourth-order valence-corrected chi connectivity index (χ4v) is 2.79. The van der Waals surface area contributed by atoms with Crippen molar-refractivity contribution in [1.82, 2.24) is 5.32 Å². The van der Waals surface area contributed by atoms with Crippen molar-refractivity contribution >= 4 is 11.9 Å². The molecule has 2 rings (SSSR count). The topological polar surface area (TPSA) is 55.4 Å². The maximum Gasteiger partial charge on any atom is 0.417 e. The Morgan fingerprint density at radius 3 is 2.42 bits per heavy atom. The lowest BCUT2D eigenvalue weighted by Gasteiger charge is -2.26. The molecule has 0 aromatic heterocycles. The quantitative estimate of drug-likeness (QED) is 0.851. The number of hydrogen-bond donors (Lipinski definition) is 1. The highest BCUT2D eigenvalue weighted by atomic mass is 19.4. The van der Waals surface area contributed by atoms with Gasteiger partial charge in [-0.3, -0.25) is 4.79 Å². The molecule has 1 fully saturated rings. The molecule has 0 bridgehead atoms. The van der Waals surface area contributed by atoms with Crippen LogP contribution in [0.1, 0.15) is 48.5 Å². The van der Waals surface area contributed by atoms with Crippen molar-refractivity contribution in [3.63, 3.8) is 0 Å². The number of ether oxygens (including phenoxy) is 1. The monoisotopic (exact) mass is 343 g/mol. The molecule has 4 nitrogen and oxygen atoms in total. The second kappa shape index (κ2) is 7.68. The Balaban J connectivity index is 1.88. The summed E-state index contributed by atoms with van der Waals surface area (Å²) < 4.78 is 43.3. The molecule has 132 valence electrons. The van der Waals surface area contributed by atoms with Gasteiger partial charge in [0.05, 0.1) is 11.1 Å². The van der Waals surface area contributed by atoms with Crippen LogP contribution in [0.3, 0.4) is 0 Å². The summed E-state index contributed by atoms with van der Waals surface area (Å²) in [5.41, 5.74) is -1.67. The smallest absolute Gasteiger partial charge is 0.417 e. The van der Waals surface area contributed by atoms with Gasteiger partial charge in [-0.25, -0.2) is 4.79 Å². The number of nitrogens with one attached hydrogen (secondary N) is 1. The minimum Gasteiger partial charge on any atom is -0.452 e. The molecule has 1 aromatic rings. The van der Waals surface area contributed by atoms with Crippen LogP contribution in [0, 0.1) is 5.92 Å². The summed E-state index contributed by atoms with van der Waals surface area (Å²) in [5.74, 6) is -1.02. The first-order valence-electron chi connectivity index (χ1n) is 7.90. The van der Waals surface area contributed by atoms with E-state index >= 15 is 0 Å². The average molecular weight is 343 g/mol. The van der Waals surface area contributed by atoms with E-state index < -0.39 is 35.8 Å². The summed E-state index contributed by atoms with van der Waals surface area (Å²) in [6.45, 7) is 1.56. The third kappa shape index (κ3) is 4.97. The molecule has 0 radical (unpaired) electrons. The first kappa shape index (κ1) is 18.3. The third-order valence-electron chi connectivity index (χ3n) is 4.17. The number of carbonyl (C=O) groups is 2. The van der Waals surface area contributed by atoms with Crippen LogP contribution in [-0.4, -0.2) is 24.5 Å². The summed E-state index contributed by atoms with van der Waals surface area (Å²) in [7, 11) is 0. The Morgan fingerprint density at radius 1 is 1.17 bits per heavy atom. The van der Waals surface area contributed by atoms with Gasteiger partial charge in [0.25, 0.3) is 5.91 Å². The number of esters is 1. The molecule has 1 N–H and O–H groups in total. The fraction of sp³-hybridized carbons (Fsp3) is 0.529. The van der Waals surface area contributed by atoms with Crippen LogP contribution in [0.2, 0.25) is 0 Å². The van der Waals surface area contributed by atoms with Crippen molar-refractivity contribution in [2.45, 2.75) is 44.8 Å². The summed E-state index contributed by atoms with van der Waals surface area (Å²) in [6.07, 6.45) is -0.903. The van der Waals surface area contributed by atoms with E-state index in [1.807, 2.05) is 0 Å². The van der Waals surface area contributed by atoms with Crippen molar-refractivity contribution in [2.75, 3.05) is 6.61 Å². The maximum absolute atomic E-state index is 12.9. The predicted molar refractivity (Wildman–Crippen MR) is 81.3 cm³/mol. The summed E-state index contributed by atoms with van der Waals surface area (Å²) in [6, 6.07) is 4.38. The van der Waals surface area contributed by atoms with Gasteiger partial charge >= 0.3 is 12.1 Å². The number of carbonyl (C=O) groups excluding carboxylic acids is 2. The van der Waals surface area contributed by atoms with E-state index in [4.69, 9.17) is 4.74 Å². The van der Waals surface area contributed by atoms with Gasteiger partial charge in [-0.1, -0.05) is 19.1 Å². The lowest BCUT2D eigenvalue weighted by Crippen LogP contribution is -2.39. The van der Waals surface area contributed by atoms with Crippen molar-refractivity contribution in [3.05, 3.63) is 35.4 Å². The maximum atomic E-state index is 12.9. The van der Waals surface area contributed by atoms with E-state index in [0.717, 1.165) is 37.8 Å². The molecule has 0 aliphatic heterocycles. The molecule has 7 heteroatoms. The first-order chi connectivity index (χ1) is 11.3. The number of halogens is 3. The molecular weight excluding hydrogens is 323 g/mol. The summed E-state index contributed by atoms with van der Waals surface area (Å²) in [4.78, 5) is 23.6. The molecular formula is C17H20F3NO3. The third-order valence-corrected chi connectivity index (χ3v) is 4.17. The number of hydrogen-bond acceptors (Lipinski definition) is 3. The number of amides is 1. The Morgan fingerprint density at radius 2 is 1.79 bits per heavy atom. The zero-order chi connectivity index (χ0) is 17.7. The van der Waals surface area contributed by atoms with E-state index in [2.05, 4.69) is 12.2 Å². The van der Waals surface area contributed by atoms with E-state index in [1.54, 1.807) is 0 Å². The van der Waals surface area contributed by atoms with Crippen LogP contribution >= 0.6 is 0 Å². The normalized spacial score (nSPS) is 21.2. The minimum atomic E-state index is -4.66. The molecule has 0 saturated heterocycles. The standard InChI is InChI=1S/C17H20F3NO3/c1-11-6-8-12(9-7-11)21-15(22)10-24-16(23)13-4-2-3-5-14(13)17(18,19)20/h2-5,11-12H,6-10H2,1H3,(H,21,22). The van der Waals surface area contributed by atoms with Crippen molar-refractivity contribution < 1.29 is 27.5 Å². The van der Waals surface area contributed by atoms with Crippen LogP contribution in [0.5, 0.6) is 0 Å². The molecule has 0 atom stereocenters. The Labute approximate surface area is 138 Å². The molecule has 0 unspecified atom stereocenters. The predicted octanol–water partition coefficient (Wildman–Crippen LogP) is 3.56. The van der Waals surface area contributed by atoms with Crippen LogP contribution in [0.4, 0.5) is 13.2 Å². The second-order valence-corrected chi connectivity index (χ2v) is 6.14. The van der Waals surface area contributed by atoms with E-state index in [0.29, 0.717) is 5.92 Å². The van der Waals surface area contributed by atoms with Crippen molar-refractivity contribution in [3.8, 4) is 0 Å². The number of rotatable bonds is 4. The lowest BCUT2D eigenvalue weighted by molar-refractivity contribution is -0.138. The highest BCUT2D eigenvalue weighted by Gasteiger charge is 2.35. The molecule has 1 aliphatic rings. The van der Waals surface area contributed by atoms with Crippen LogP contribution in [0.15, 0.2) is 24.3 Å². The fourth-order valence-electron chi connectivity index (χ4n) is 2.79. The van der Waals surface area contributed by atoms with Crippen LogP contribution in [-0.2, 0) is 15.7 Å². The van der Waals surface area contributed by atoms with Gasteiger partial charge in [0.1, 0.15) is 0 Å². The molecule has 1 aliphatic carbocycles. The van der Waals surface area contributed by atoms with Crippen LogP contribution in [0.25, 0.3) is 0 Å². The summed E-state index contributed by atoms with van der Waals surface area (Å²) >= 11 is 0. The van der Waals surface area contributed by atoms with E-state index in [-0.39, 0.29) is 6.04 Å². The number of benzene rings is 1. The van der Waals surface area contributed by atoms with E-state index in [1.165, 1.54) is 12.1 Å². The van der Waals surface area contributed by atoms with Crippen LogP contribution < -0.4 is 5.32 Å². The largest absolute Gasteiger partial charge is 0.452 e. The molecule has 1 saturated carbocycles. The Hall–Kier alpha value is -2.05. The summed E-state index contributed by atoms with van der Waals surface area (Å²) in [5, 5.41) is 2.75. The molecule has 0 heterocycles. The molecule has 1 amide bonds. The number of alkyl halides is 3. The molecule has 1 aromatic carbocycles. The first-order valence-corrected chi connectivity index (χ1v) is 7.90. The van der Waals surface area contributed by atoms with Gasteiger partial charge in [-0.15, -0.1) is 0 Å². The highest BCUT2D eigenvalue weighted by molar-refractivity contribution is 5.93. The average Bonchev–Trinajstić information content (AvgIpc) is 2.54. The van der Waals surface area contributed by atoms with Gasteiger partial charge in [0, 0.05) is 6.04 Å².